The van der Waals surface area contributed by atoms with E-state index in [9.17, 15) is 13.9 Å². The second-order valence-corrected chi connectivity index (χ2v) is 9.25. The lowest BCUT2D eigenvalue weighted by molar-refractivity contribution is -0.141. The second-order valence-electron chi connectivity index (χ2n) is 4.46. The minimum Gasteiger partial charge on any atom is -0.469 e. The predicted molar refractivity (Wildman–Crippen MR) is 86.8 cm³/mol. The zero-order chi connectivity index (χ0) is 18.9. The van der Waals surface area contributed by atoms with Gasteiger partial charge in [0.05, 0.1) is 33.5 Å². The predicted octanol–water partition coefficient (Wildman–Crippen LogP) is 4.10. The maximum absolute atomic E-state index is 15.9. The van der Waals surface area contributed by atoms with Crippen LogP contribution in [0.1, 0.15) is 40.5 Å². The molecule has 0 unspecified atom stereocenters. The third-order valence-electron chi connectivity index (χ3n) is 2.91. The lowest BCUT2D eigenvalue weighted by Crippen LogP contribution is -2.29. The molecule has 0 aliphatic carbocycles. The number of hydrogen-bond donors (Lipinski definition) is 0. The third-order valence-corrected chi connectivity index (χ3v) is 8.90. The highest BCUT2D eigenvalue weighted by Gasteiger charge is 2.66. The molecule has 0 N–H and O–H groups in total. The lowest BCUT2D eigenvalue weighted by atomic mass is 10.3. The molecule has 0 spiro atoms. The van der Waals surface area contributed by atoms with E-state index >= 15 is 4.39 Å². The van der Waals surface area contributed by atoms with Crippen LogP contribution < -0.4 is 0 Å². The molecular formula is C13H27FO8P2. The summed E-state index contributed by atoms with van der Waals surface area (Å²) in [6.45, 7) is 5.33. The molecule has 0 saturated carbocycles. The molecule has 0 aromatic rings. The van der Waals surface area contributed by atoms with Crippen molar-refractivity contribution < 1.29 is 41.1 Å². The highest BCUT2D eigenvalue weighted by Crippen LogP contribution is 2.80. The summed E-state index contributed by atoms with van der Waals surface area (Å²) in [5, 5.41) is -3.13. The molecule has 0 fully saturated rings. The molecule has 0 saturated heterocycles. The van der Waals surface area contributed by atoms with E-state index in [-0.39, 0.29) is 26.4 Å². The van der Waals surface area contributed by atoms with E-state index in [2.05, 4.69) is 4.74 Å². The van der Waals surface area contributed by atoms with Crippen LogP contribution in [-0.2, 0) is 36.8 Å². The molecular weight excluding hydrogens is 365 g/mol. The maximum Gasteiger partial charge on any atom is 0.380 e. The number of hydrogen-bond acceptors (Lipinski definition) is 8. The molecule has 0 atom stereocenters. The number of carbonyl (C=O) groups excluding carboxylic acids is 1. The van der Waals surface area contributed by atoms with Crippen LogP contribution in [0.3, 0.4) is 0 Å². The van der Waals surface area contributed by atoms with Crippen molar-refractivity contribution in [1.82, 2.24) is 0 Å². The molecule has 0 heterocycles. The first-order valence-electron chi connectivity index (χ1n) is 7.74. The first kappa shape index (κ1) is 23.7. The number of methoxy groups -OCH3 is 1. The van der Waals surface area contributed by atoms with Gasteiger partial charge in [-0.25, -0.2) is 4.39 Å². The van der Waals surface area contributed by atoms with Gasteiger partial charge in [0, 0.05) is 12.8 Å². The van der Waals surface area contributed by atoms with E-state index < -0.39 is 39.2 Å². The van der Waals surface area contributed by atoms with E-state index in [4.69, 9.17) is 18.1 Å². The maximum atomic E-state index is 15.9. The molecule has 0 rings (SSSR count). The van der Waals surface area contributed by atoms with Crippen molar-refractivity contribution in [2.24, 2.45) is 0 Å². The molecule has 11 heteroatoms. The van der Waals surface area contributed by atoms with Crippen molar-refractivity contribution in [1.29, 1.82) is 0 Å². The van der Waals surface area contributed by atoms with Crippen molar-refractivity contribution in [3.63, 3.8) is 0 Å². The smallest absolute Gasteiger partial charge is 0.380 e. The molecule has 24 heavy (non-hydrogen) atoms. The van der Waals surface area contributed by atoms with Gasteiger partial charge in [0.2, 0.25) is 0 Å². The zero-order valence-electron chi connectivity index (χ0n) is 14.8. The first-order chi connectivity index (χ1) is 11.2. The van der Waals surface area contributed by atoms with E-state index in [0.29, 0.717) is 0 Å². The number of rotatable bonds is 13. The Bertz CT molecular complexity index is 435. The van der Waals surface area contributed by atoms with Crippen LogP contribution in [0.4, 0.5) is 4.39 Å². The third kappa shape index (κ3) is 5.35. The molecule has 0 aliphatic heterocycles. The summed E-state index contributed by atoms with van der Waals surface area (Å²) in [5.74, 6) is -0.767. The fraction of sp³-hybridized carbons (Fsp3) is 0.923. The van der Waals surface area contributed by atoms with Crippen LogP contribution in [0, 0.1) is 0 Å². The monoisotopic (exact) mass is 392 g/mol. The Labute approximate surface area is 142 Å². The van der Waals surface area contributed by atoms with Gasteiger partial charge in [0.1, 0.15) is 0 Å². The Morgan fingerprint density at radius 3 is 1.46 bits per heavy atom. The van der Waals surface area contributed by atoms with Crippen LogP contribution in [0.2, 0.25) is 0 Å². The number of alkyl halides is 1. The van der Waals surface area contributed by atoms with Gasteiger partial charge < -0.3 is 22.8 Å². The van der Waals surface area contributed by atoms with Gasteiger partial charge >= 0.3 is 26.3 Å². The van der Waals surface area contributed by atoms with Crippen molar-refractivity contribution in [3.05, 3.63) is 0 Å². The molecule has 0 aliphatic rings. The molecule has 0 radical (unpaired) electrons. The van der Waals surface area contributed by atoms with Gasteiger partial charge in [0.25, 0.3) is 0 Å². The molecule has 8 nitrogen and oxygen atoms in total. The number of carbonyl (C=O) groups is 1. The molecule has 0 bridgehead atoms. The fourth-order valence-corrected chi connectivity index (χ4v) is 6.90. The normalized spacial score (nSPS) is 13.1. The van der Waals surface area contributed by atoms with E-state index in [1.165, 1.54) is 27.7 Å². The van der Waals surface area contributed by atoms with Gasteiger partial charge in [-0.2, -0.15) is 0 Å². The van der Waals surface area contributed by atoms with Gasteiger partial charge in [0.15, 0.2) is 0 Å². The summed E-state index contributed by atoms with van der Waals surface area (Å²) in [4.78, 5) is 11.4. The highest BCUT2D eigenvalue weighted by molar-refractivity contribution is 7.73. The molecule has 0 aromatic carbocycles. The van der Waals surface area contributed by atoms with Gasteiger partial charge in [-0.15, -0.1) is 0 Å². The van der Waals surface area contributed by atoms with Gasteiger partial charge in [-0.3, -0.25) is 13.9 Å². The summed E-state index contributed by atoms with van der Waals surface area (Å²) < 4.78 is 66.5. The Morgan fingerprint density at radius 2 is 1.21 bits per heavy atom. The summed E-state index contributed by atoms with van der Waals surface area (Å²) in [7, 11) is -8.03. The Hall–Kier alpha value is -0.300. The lowest BCUT2D eigenvalue weighted by Gasteiger charge is -2.36. The fourth-order valence-electron chi connectivity index (χ4n) is 1.94. The standard InChI is InChI=1S/C13H27FO8P2/c1-6-19-23(16,20-7-2)13(14,11-10-12(15)18-5)24(17,21-8-3)22-9-4/h6-11H2,1-5H3. The first-order valence-corrected chi connectivity index (χ1v) is 10.8. The van der Waals surface area contributed by atoms with Crippen LogP contribution in [0.15, 0.2) is 0 Å². The summed E-state index contributed by atoms with van der Waals surface area (Å²) >= 11 is 0. The van der Waals surface area contributed by atoms with Crippen molar-refractivity contribution >= 4 is 21.2 Å². The minimum atomic E-state index is -4.58. The summed E-state index contributed by atoms with van der Waals surface area (Å²) in [6.07, 6.45) is -1.25. The van der Waals surface area contributed by atoms with Crippen LogP contribution in [0.5, 0.6) is 0 Å². The van der Waals surface area contributed by atoms with Crippen molar-refractivity contribution in [2.45, 2.75) is 45.7 Å². The highest BCUT2D eigenvalue weighted by atomic mass is 31.2. The molecule has 144 valence electrons. The van der Waals surface area contributed by atoms with Crippen LogP contribution in [0.25, 0.3) is 0 Å². The van der Waals surface area contributed by atoms with Crippen molar-refractivity contribution in [2.75, 3.05) is 33.5 Å². The molecule has 0 amide bonds. The van der Waals surface area contributed by atoms with E-state index in [1.807, 2.05) is 0 Å². The largest absolute Gasteiger partial charge is 0.469 e. The molecule has 0 aromatic heterocycles. The minimum absolute atomic E-state index is 0.153. The second kappa shape index (κ2) is 10.6. The average Bonchev–Trinajstić information content (AvgIpc) is 2.52. The SMILES string of the molecule is CCOP(=O)(OCC)C(F)(CCC(=O)OC)P(=O)(OCC)OCC. The van der Waals surface area contributed by atoms with Crippen LogP contribution >= 0.6 is 15.2 Å². The number of ether oxygens (including phenoxy) is 1. The van der Waals surface area contributed by atoms with Crippen LogP contribution in [-0.4, -0.2) is 44.7 Å². The summed E-state index contributed by atoms with van der Waals surface area (Å²) in [5.41, 5.74) is 0. The Balaban J connectivity index is 6.08. The topological polar surface area (TPSA) is 97.4 Å². The Morgan fingerprint density at radius 1 is 0.875 bits per heavy atom. The summed E-state index contributed by atoms with van der Waals surface area (Å²) in [6, 6.07) is 0. The van der Waals surface area contributed by atoms with Crippen molar-refractivity contribution in [3.8, 4) is 0 Å². The van der Waals surface area contributed by atoms with E-state index in [0.717, 1.165) is 7.11 Å². The Kier molecular flexibility index (Phi) is 10.5. The van der Waals surface area contributed by atoms with Gasteiger partial charge in [-0.1, -0.05) is 0 Å². The zero-order valence-corrected chi connectivity index (χ0v) is 16.6. The number of halogens is 1. The quantitative estimate of drug-likeness (QED) is 0.341. The average molecular weight is 392 g/mol. The van der Waals surface area contributed by atoms with E-state index in [1.54, 1.807) is 0 Å². The number of esters is 1. The van der Waals surface area contributed by atoms with Gasteiger partial charge in [-0.05, 0) is 27.7 Å².